The fraction of sp³-hybridized carbons (Fsp3) is 0.133. The molecule has 0 spiro atoms. The van der Waals surface area contributed by atoms with Crippen molar-refractivity contribution in [3.63, 3.8) is 0 Å². The highest BCUT2D eigenvalue weighted by Gasteiger charge is 2.18. The molecule has 0 heterocycles. The summed E-state index contributed by atoms with van der Waals surface area (Å²) in [6.07, 6.45) is 0.523. The lowest BCUT2D eigenvalue weighted by molar-refractivity contribution is -0.139. The van der Waals surface area contributed by atoms with Crippen molar-refractivity contribution in [2.75, 3.05) is 0 Å². The molecular weight excluding hydrogens is 1400 g/mol. The number of nitrogens with two attached hydrogens (primary N) is 2. The first-order chi connectivity index (χ1) is 25.0. The Morgan fingerprint density at radius 3 is 1.34 bits per heavy atom. The number of carboxylic acids is 2. The summed E-state index contributed by atoms with van der Waals surface area (Å²) < 4.78 is 47.5. The summed E-state index contributed by atoms with van der Waals surface area (Å²) in [4.78, 5) is 21.8. The number of hydrogen-bond donors (Lipinski definition) is 6. The number of phenolic OH excluding ortho intramolecular Hbond substituents is 2. The Kier molecular flexibility index (Phi) is 14.9. The summed E-state index contributed by atoms with van der Waals surface area (Å²) in [5.74, 6) is 1.06. The van der Waals surface area contributed by atoms with Crippen LogP contribution >= 0.6 is 158 Å². The zero-order valence-corrected chi connectivity index (χ0v) is 38.6. The van der Waals surface area contributed by atoms with E-state index in [0.717, 1.165) is 25.4 Å². The Morgan fingerprint density at radius 1 is 0.617 bits per heavy atom. The molecule has 4 aromatic rings. The number of halogens is 7. The van der Waals surface area contributed by atoms with E-state index in [1.54, 1.807) is 30.3 Å². The number of carboxylic acid groups (broad SMARTS) is 2. The highest BCUT2D eigenvalue weighted by molar-refractivity contribution is 14.1. The zero-order valence-electron chi connectivity index (χ0n) is 29.5. The molecule has 0 saturated carbocycles. The van der Waals surface area contributed by atoms with Gasteiger partial charge in [0.25, 0.3) is 0 Å². The van der Waals surface area contributed by atoms with Crippen LogP contribution in [0.5, 0.6) is 34.5 Å². The van der Waals surface area contributed by atoms with Gasteiger partial charge in [0.15, 0.2) is 11.5 Å². The molecule has 8 N–H and O–H groups in total. The molecule has 2 unspecified atom stereocenters. The molecular formula is C30H31I7N2O8. The topological polar surface area (TPSA) is 186 Å². The number of aliphatic carboxylic acids is 2. The van der Waals surface area contributed by atoms with Crippen molar-refractivity contribution in [1.82, 2.24) is 0 Å². The Bertz CT molecular complexity index is 1770. The molecule has 2 atom stereocenters. The maximum atomic E-state index is 10.9. The van der Waals surface area contributed by atoms with Gasteiger partial charge in [-0.3, -0.25) is 9.59 Å². The molecule has 0 aliphatic carbocycles. The number of ether oxygens (including phenoxy) is 2. The standard InChI is InChI=1S/C15H11I4NO4.C15H12I3NO4.4H2/c16-8-4-7(5-9(17)13(8)21)24-14-10(18)1-6(2-11(14)19)3-12(20)15(22)23;16-9-6-8(1-2-13(9)20)23-14-10(17)3-7(4-11(14)18)5-12(19)15(21)22;;;;/h1-2,4-5,12,21H,3,20H2,(H,22,23);1-4,6,12,20H,5,19H2,(H,21,22);4*1H/i;;3*1+2T;1+2. The van der Waals surface area contributed by atoms with Crippen molar-refractivity contribution < 1.29 is 49.8 Å². The maximum Gasteiger partial charge on any atom is 0.320 e. The predicted octanol–water partition coefficient (Wildman–Crippen LogP) is 9.49. The molecule has 0 bridgehead atoms. The van der Waals surface area contributed by atoms with Crippen LogP contribution in [0.4, 0.5) is 0 Å². The van der Waals surface area contributed by atoms with E-state index in [-0.39, 0.29) is 25.8 Å². The van der Waals surface area contributed by atoms with Gasteiger partial charge in [-0.15, -0.1) is 0 Å². The largest absolute Gasteiger partial charge is 0.507 e. The number of aromatic hydroxyl groups is 2. The first-order valence-electron chi connectivity index (χ1n) is 15.9. The minimum absolute atomic E-state index is 0. The van der Waals surface area contributed by atoms with Gasteiger partial charge in [-0.05, 0) is 237 Å². The van der Waals surface area contributed by atoms with Crippen LogP contribution in [0, 0.1) is 25.0 Å². The highest BCUT2D eigenvalue weighted by Crippen LogP contribution is 2.37. The van der Waals surface area contributed by atoms with Gasteiger partial charge in [-0.1, -0.05) is 0 Å². The minimum Gasteiger partial charge on any atom is -0.507 e. The second-order valence-corrected chi connectivity index (χ2v) is 17.8. The summed E-state index contributed by atoms with van der Waals surface area (Å²) in [5, 5.41) is 37.2. The molecule has 47 heavy (non-hydrogen) atoms. The number of benzene rings is 4. The molecule has 4 rings (SSSR count). The number of phenols is 2. The Balaban J connectivity index is 0. The van der Waals surface area contributed by atoms with Gasteiger partial charge in [0.2, 0.25) is 0 Å². The van der Waals surface area contributed by atoms with Crippen molar-refractivity contribution in [2.24, 2.45) is 11.5 Å². The zero-order chi connectivity index (χ0) is 41.2. The molecule has 4 aromatic carbocycles. The smallest absolute Gasteiger partial charge is 0.320 e. The van der Waals surface area contributed by atoms with E-state index < -0.39 is 24.0 Å². The first kappa shape index (κ1) is 36.8. The van der Waals surface area contributed by atoms with E-state index >= 15 is 0 Å². The monoisotopic (exact) mass is 1450 g/mol. The second kappa shape index (κ2) is 19.0. The molecule has 0 saturated heterocycles. The van der Waals surface area contributed by atoms with E-state index in [1.807, 2.05) is 46.9 Å². The molecule has 0 aromatic heterocycles. The number of rotatable bonds is 10. The Morgan fingerprint density at radius 2 is 0.979 bits per heavy atom. The van der Waals surface area contributed by atoms with Crippen LogP contribution in [0.1, 0.15) is 21.5 Å². The second-order valence-electron chi connectivity index (χ2n) is 9.63. The van der Waals surface area contributed by atoms with E-state index in [0.29, 0.717) is 33.7 Å². The molecule has 0 fully saturated rings. The Hall–Kier alpha value is 0.0500. The van der Waals surface area contributed by atoms with Crippen LogP contribution in [-0.2, 0) is 22.4 Å². The average Bonchev–Trinajstić information content (AvgIpc) is 3.11. The van der Waals surface area contributed by atoms with Gasteiger partial charge in [0.1, 0.15) is 35.1 Å². The van der Waals surface area contributed by atoms with Crippen molar-refractivity contribution in [2.45, 2.75) is 24.9 Å². The Labute approximate surface area is 376 Å². The molecule has 0 aliphatic rings. The number of carbonyl (C=O) groups is 2. The van der Waals surface area contributed by atoms with Crippen LogP contribution in [0.3, 0.4) is 0 Å². The number of hydrogen-bond acceptors (Lipinski definition) is 8. The summed E-state index contributed by atoms with van der Waals surface area (Å²) in [7, 11) is 0. The normalized spacial score (nSPS) is 12.5. The van der Waals surface area contributed by atoms with Crippen LogP contribution < -0.4 is 20.9 Å². The predicted molar refractivity (Wildman–Crippen MR) is 245 cm³/mol. The first-order valence-corrected chi connectivity index (χ1v) is 20.5. The van der Waals surface area contributed by atoms with Gasteiger partial charge in [0, 0.05) is 10.3 Å². The average molecular weight is 1450 g/mol. The molecule has 17 heteroatoms. The van der Waals surface area contributed by atoms with Gasteiger partial charge in [0.05, 0.1) is 25.0 Å². The molecule has 258 valence electrons. The third kappa shape index (κ3) is 12.4. The summed E-state index contributed by atoms with van der Waals surface area (Å²) >= 11 is 14.7. The SMILES string of the molecule is NC(Cc1cc(I)c(Oc2cc(I)c(O)c(I)c2)c(I)c1)C(=O)O.NC(Cc1cc(I)c(Oc2ccc(O)c(I)c2)c(I)c1)C(=O)O.[3HH].[3H][3H].[3H][3H].[3H][3H]. The third-order valence-corrected chi connectivity index (χ3v) is 11.7. The molecule has 10 nitrogen and oxygen atoms in total. The van der Waals surface area contributed by atoms with Crippen LogP contribution in [-0.4, -0.2) is 44.4 Å². The quantitative estimate of drug-likeness (QED) is 0.0836. The third-order valence-electron chi connectivity index (χ3n) is 6.01. The lowest BCUT2D eigenvalue weighted by Gasteiger charge is -2.14. The van der Waals surface area contributed by atoms with E-state index in [2.05, 4.69) is 136 Å². The lowest BCUT2D eigenvalue weighted by Crippen LogP contribution is -2.32. The van der Waals surface area contributed by atoms with Gasteiger partial charge in [-0.2, -0.15) is 0 Å². The maximum absolute atomic E-state index is 10.9. The van der Waals surface area contributed by atoms with E-state index in [4.69, 9.17) is 40.1 Å². The fourth-order valence-corrected chi connectivity index (χ4v) is 10.2. The molecule has 0 aliphatic heterocycles. The van der Waals surface area contributed by atoms with Crippen molar-refractivity contribution in [3.05, 3.63) is 90.7 Å². The minimum atomic E-state index is -1.02. The van der Waals surface area contributed by atoms with Crippen molar-refractivity contribution in [3.8, 4) is 34.5 Å². The van der Waals surface area contributed by atoms with Gasteiger partial charge in [-0.25, -0.2) is 0 Å². The van der Waals surface area contributed by atoms with Gasteiger partial charge < -0.3 is 41.4 Å². The fourth-order valence-electron chi connectivity index (χ4n) is 3.73. The lowest BCUT2D eigenvalue weighted by atomic mass is 10.1. The summed E-state index contributed by atoms with van der Waals surface area (Å²) in [6, 6.07) is 14.2. The molecule has 0 amide bonds. The van der Waals surface area contributed by atoms with E-state index in [9.17, 15) is 19.8 Å². The van der Waals surface area contributed by atoms with Crippen molar-refractivity contribution in [1.29, 1.82) is 0 Å². The van der Waals surface area contributed by atoms with Crippen molar-refractivity contribution >= 4 is 170 Å². The van der Waals surface area contributed by atoms with Crippen LogP contribution in [0.2, 0.25) is 0 Å². The van der Waals surface area contributed by atoms with E-state index in [1.165, 1.54) is 0 Å². The summed E-state index contributed by atoms with van der Waals surface area (Å²) in [6.45, 7) is 0. The van der Waals surface area contributed by atoms with Crippen LogP contribution in [0.25, 0.3) is 0 Å². The highest BCUT2D eigenvalue weighted by atomic mass is 127. The summed E-state index contributed by atoms with van der Waals surface area (Å²) in [5.41, 5.74) is 12.9. The molecule has 0 radical (unpaired) electrons. The van der Waals surface area contributed by atoms with Crippen LogP contribution in [0.15, 0.2) is 54.6 Å². The van der Waals surface area contributed by atoms with Gasteiger partial charge >= 0.3 is 11.9 Å².